The predicted molar refractivity (Wildman–Crippen MR) is 76.3 cm³/mol. The fourth-order valence-electron chi connectivity index (χ4n) is 1.54. The van der Waals surface area contributed by atoms with Crippen LogP contribution in [0, 0.1) is 17.0 Å². The average molecular weight is 322 g/mol. The van der Waals surface area contributed by atoms with Gasteiger partial charge in [-0.15, -0.1) is 0 Å². The van der Waals surface area contributed by atoms with E-state index in [1.807, 2.05) is 0 Å². The molecule has 20 heavy (non-hydrogen) atoms. The molecule has 0 saturated carbocycles. The first-order valence-electron chi connectivity index (χ1n) is 5.94. The third-order valence-electron chi connectivity index (χ3n) is 2.72. The molecular formula is C11H16ClN3O4S. The minimum Gasteiger partial charge on any atom is -0.330 e. The zero-order valence-electron chi connectivity index (χ0n) is 10.9. The van der Waals surface area contributed by atoms with Gasteiger partial charge in [-0.05, 0) is 32.4 Å². The second-order valence-corrected chi connectivity index (χ2v) is 6.37. The predicted octanol–water partition coefficient (Wildman–Crippen LogP) is 1.57. The van der Waals surface area contributed by atoms with E-state index in [4.69, 9.17) is 17.3 Å². The molecule has 0 radical (unpaired) electrons. The van der Waals surface area contributed by atoms with Crippen molar-refractivity contribution in [2.75, 3.05) is 13.1 Å². The van der Waals surface area contributed by atoms with Crippen LogP contribution in [0.1, 0.15) is 18.4 Å². The summed E-state index contributed by atoms with van der Waals surface area (Å²) < 4.78 is 26.4. The van der Waals surface area contributed by atoms with Gasteiger partial charge in [-0.25, -0.2) is 13.1 Å². The summed E-state index contributed by atoms with van der Waals surface area (Å²) in [5.41, 5.74) is 5.22. The van der Waals surface area contributed by atoms with Crippen molar-refractivity contribution in [3.8, 4) is 0 Å². The monoisotopic (exact) mass is 321 g/mol. The Hall–Kier alpha value is -1.22. The molecule has 0 saturated heterocycles. The molecule has 1 aromatic rings. The first-order chi connectivity index (χ1) is 9.29. The Balaban J connectivity index is 3.04. The molecule has 7 nitrogen and oxygen atoms in total. The van der Waals surface area contributed by atoms with E-state index >= 15 is 0 Å². The van der Waals surface area contributed by atoms with Gasteiger partial charge in [-0.2, -0.15) is 0 Å². The summed E-state index contributed by atoms with van der Waals surface area (Å²) in [5.74, 6) is 0. The number of sulfonamides is 1. The number of benzene rings is 1. The molecule has 0 aromatic heterocycles. The van der Waals surface area contributed by atoms with Gasteiger partial charge in [0.25, 0.3) is 5.69 Å². The van der Waals surface area contributed by atoms with Crippen LogP contribution in [0.2, 0.25) is 5.02 Å². The largest absolute Gasteiger partial charge is 0.330 e. The summed E-state index contributed by atoms with van der Waals surface area (Å²) in [6.45, 7) is 2.16. The Morgan fingerprint density at radius 1 is 1.40 bits per heavy atom. The summed E-state index contributed by atoms with van der Waals surface area (Å²) in [6.07, 6.45) is 1.29. The highest BCUT2D eigenvalue weighted by atomic mass is 35.5. The summed E-state index contributed by atoms with van der Waals surface area (Å²) in [4.78, 5) is 10.00. The second-order valence-electron chi connectivity index (χ2n) is 4.20. The van der Waals surface area contributed by atoms with E-state index in [2.05, 4.69) is 4.72 Å². The molecule has 0 atom stereocenters. The van der Waals surface area contributed by atoms with E-state index in [1.54, 1.807) is 0 Å². The van der Waals surface area contributed by atoms with Crippen molar-refractivity contribution in [2.45, 2.75) is 24.7 Å². The fourth-order valence-corrected chi connectivity index (χ4v) is 2.94. The third-order valence-corrected chi connectivity index (χ3v) is 4.55. The highest BCUT2D eigenvalue weighted by Crippen LogP contribution is 2.29. The van der Waals surface area contributed by atoms with Crippen molar-refractivity contribution in [3.63, 3.8) is 0 Å². The topological polar surface area (TPSA) is 115 Å². The molecule has 0 aliphatic rings. The highest BCUT2D eigenvalue weighted by molar-refractivity contribution is 7.89. The number of hydrogen-bond acceptors (Lipinski definition) is 5. The summed E-state index contributed by atoms with van der Waals surface area (Å²) in [7, 11) is -3.82. The Morgan fingerprint density at radius 2 is 2.05 bits per heavy atom. The summed E-state index contributed by atoms with van der Waals surface area (Å²) in [5, 5.41) is 10.9. The fraction of sp³-hybridized carbons (Fsp3) is 0.455. The molecular weight excluding hydrogens is 306 g/mol. The lowest BCUT2D eigenvalue weighted by atomic mass is 10.2. The first-order valence-corrected chi connectivity index (χ1v) is 7.80. The van der Waals surface area contributed by atoms with Gasteiger partial charge < -0.3 is 5.73 Å². The number of nitrogens with two attached hydrogens (primary N) is 1. The molecule has 0 aliphatic carbocycles. The van der Waals surface area contributed by atoms with Crippen LogP contribution < -0.4 is 10.5 Å². The molecule has 1 aromatic carbocycles. The lowest BCUT2D eigenvalue weighted by Crippen LogP contribution is -2.25. The maximum absolute atomic E-state index is 12.0. The van der Waals surface area contributed by atoms with E-state index in [0.717, 1.165) is 6.07 Å². The third kappa shape index (κ3) is 4.14. The highest BCUT2D eigenvalue weighted by Gasteiger charge is 2.22. The smallest absolute Gasteiger partial charge is 0.275 e. The van der Waals surface area contributed by atoms with Crippen LogP contribution in [-0.4, -0.2) is 26.4 Å². The Bertz CT molecular complexity index is 604. The van der Waals surface area contributed by atoms with Crippen LogP contribution in [-0.2, 0) is 10.0 Å². The molecule has 0 heterocycles. The van der Waals surface area contributed by atoms with Crippen LogP contribution in [0.5, 0.6) is 0 Å². The van der Waals surface area contributed by atoms with Crippen LogP contribution in [0.15, 0.2) is 17.0 Å². The molecule has 0 spiro atoms. The van der Waals surface area contributed by atoms with Gasteiger partial charge >= 0.3 is 0 Å². The van der Waals surface area contributed by atoms with Gasteiger partial charge in [0, 0.05) is 18.2 Å². The SMILES string of the molecule is Cc1c(Cl)cc(S(=O)(=O)NCCCCN)cc1[N+](=O)[O-]. The minimum atomic E-state index is -3.82. The summed E-state index contributed by atoms with van der Waals surface area (Å²) in [6, 6.07) is 2.21. The van der Waals surface area contributed by atoms with Gasteiger partial charge in [0.2, 0.25) is 10.0 Å². The number of nitrogens with zero attached hydrogens (tertiary/aromatic N) is 1. The van der Waals surface area contributed by atoms with Crippen LogP contribution in [0.25, 0.3) is 0 Å². The summed E-state index contributed by atoms with van der Waals surface area (Å²) >= 11 is 5.84. The maximum Gasteiger partial charge on any atom is 0.275 e. The standard InChI is InChI=1S/C11H16ClN3O4S/c1-8-10(12)6-9(7-11(8)15(16)17)20(18,19)14-5-3-2-4-13/h6-7,14H,2-5,13H2,1H3. The quantitative estimate of drug-likeness (QED) is 0.449. The molecule has 0 fully saturated rings. The molecule has 0 amide bonds. The lowest BCUT2D eigenvalue weighted by Gasteiger charge is -2.08. The number of hydrogen-bond donors (Lipinski definition) is 2. The van der Waals surface area contributed by atoms with E-state index in [9.17, 15) is 18.5 Å². The number of nitro groups is 1. The Morgan fingerprint density at radius 3 is 2.60 bits per heavy atom. The molecule has 3 N–H and O–H groups in total. The number of halogens is 1. The number of unbranched alkanes of at least 4 members (excludes halogenated alkanes) is 1. The van der Waals surface area contributed by atoms with Crippen molar-refractivity contribution in [3.05, 3.63) is 32.8 Å². The normalized spacial score (nSPS) is 11.6. The van der Waals surface area contributed by atoms with Crippen molar-refractivity contribution in [1.82, 2.24) is 4.72 Å². The second kappa shape index (κ2) is 6.98. The van der Waals surface area contributed by atoms with Gasteiger partial charge in [0.1, 0.15) is 0 Å². The van der Waals surface area contributed by atoms with Crippen molar-refractivity contribution in [1.29, 1.82) is 0 Å². The average Bonchev–Trinajstić information content (AvgIpc) is 2.37. The molecule has 0 bridgehead atoms. The van der Waals surface area contributed by atoms with Gasteiger partial charge in [-0.1, -0.05) is 11.6 Å². The van der Waals surface area contributed by atoms with Gasteiger partial charge in [0.15, 0.2) is 0 Å². The van der Waals surface area contributed by atoms with Crippen molar-refractivity contribution in [2.24, 2.45) is 5.73 Å². The van der Waals surface area contributed by atoms with Crippen LogP contribution in [0.4, 0.5) is 5.69 Å². The Labute approximate surface area is 122 Å². The van der Waals surface area contributed by atoms with Gasteiger partial charge in [0.05, 0.1) is 14.8 Å². The number of nitrogens with one attached hydrogen (secondary N) is 1. The van der Waals surface area contributed by atoms with E-state index < -0.39 is 14.9 Å². The van der Waals surface area contributed by atoms with Gasteiger partial charge in [-0.3, -0.25) is 10.1 Å². The zero-order valence-corrected chi connectivity index (χ0v) is 12.5. The van der Waals surface area contributed by atoms with Crippen molar-refractivity contribution >= 4 is 27.3 Å². The van der Waals surface area contributed by atoms with E-state index in [-0.39, 0.29) is 27.7 Å². The molecule has 0 unspecified atom stereocenters. The van der Waals surface area contributed by atoms with Crippen molar-refractivity contribution < 1.29 is 13.3 Å². The zero-order chi connectivity index (χ0) is 15.3. The molecule has 0 aliphatic heterocycles. The maximum atomic E-state index is 12.0. The minimum absolute atomic E-state index is 0.0431. The first kappa shape index (κ1) is 16.8. The van der Waals surface area contributed by atoms with E-state index in [1.165, 1.54) is 13.0 Å². The molecule has 1 rings (SSSR count). The van der Waals surface area contributed by atoms with E-state index in [0.29, 0.717) is 19.4 Å². The lowest BCUT2D eigenvalue weighted by molar-refractivity contribution is -0.385. The molecule has 9 heteroatoms. The number of rotatable bonds is 7. The molecule has 112 valence electrons. The number of nitro benzene ring substituents is 1. The van der Waals surface area contributed by atoms with Crippen LogP contribution in [0.3, 0.4) is 0 Å². The van der Waals surface area contributed by atoms with Crippen LogP contribution >= 0.6 is 11.6 Å². The Kier molecular flexibility index (Phi) is 5.88.